The van der Waals surface area contributed by atoms with Crippen LogP contribution in [0, 0.1) is 0 Å². The third-order valence-corrected chi connectivity index (χ3v) is 4.48. The number of carbonyl (C=O) groups is 1. The number of pyridine rings is 1. The zero-order chi connectivity index (χ0) is 13.3. The predicted octanol–water partition coefficient (Wildman–Crippen LogP) is 2.41. The Morgan fingerprint density at radius 3 is 2.89 bits per heavy atom. The Morgan fingerprint density at radius 2 is 2.28 bits per heavy atom. The van der Waals surface area contributed by atoms with Crippen LogP contribution in [0.25, 0.3) is 0 Å². The van der Waals surface area contributed by atoms with Crippen LogP contribution in [0.5, 0.6) is 0 Å². The number of aryl methyl sites for hydroxylation is 1. The van der Waals surface area contributed by atoms with E-state index in [2.05, 4.69) is 18.0 Å². The number of nitrogens with zero attached hydrogens (tertiary/aromatic N) is 2. The van der Waals surface area contributed by atoms with Crippen LogP contribution in [0.1, 0.15) is 43.9 Å². The summed E-state index contributed by atoms with van der Waals surface area (Å²) in [6.45, 7) is 4.11. The van der Waals surface area contributed by atoms with Crippen molar-refractivity contribution >= 4 is 5.78 Å². The quantitative estimate of drug-likeness (QED) is 0.818. The number of carbonyl (C=O) groups excluding carboxylic acids is 1. The van der Waals surface area contributed by atoms with Crippen LogP contribution in [-0.4, -0.2) is 35.3 Å². The molecule has 98 valence electrons. The highest BCUT2D eigenvalue weighted by Crippen LogP contribution is 2.36. The van der Waals surface area contributed by atoms with E-state index in [-0.39, 0.29) is 11.5 Å². The number of rotatable bonds is 4. The van der Waals surface area contributed by atoms with Gasteiger partial charge in [-0.05, 0) is 51.9 Å². The van der Waals surface area contributed by atoms with Crippen molar-refractivity contribution < 1.29 is 4.79 Å². The molecule has 0 radical (unpaired) electrons. The second-order valence-corrected chi connectivity index (χ2v) is 5.53. The number of ketones is 1. The Labute approximate surface area is 109 Å². The highest BCUT2D eigenvalue weighted by molar-refractivity contribution is 5.94. The van der Waals surface area contributed by atoms with Crippen LogP contribution in [0.15, 0.2) is 18.3 Å². The van der Waals surface area contributed by atoms with E-state index in [1.807, 2.05) is 32.0 Å². The lowest BCUT2D eigenvalue weighted by atomic mass is 9.83. The van der Waals surface area contributed by atoms with E-state index in [9.17, 15) is 4.79 Å². The zero-order valence-electron chi connectivity index (χ0n) is 11.7. The number of aromatic nitrogens is 1. The van der Waals surface area contributed by atoms with Crippen molar-refractivity contribution in [2.45, 2.75) is 44.6 Å². The van der Waals surface area contributed by atoms with Gasteiger partial charge in [0.05, 0.1) is 17.2 Å². The van der Waals surface area contributed by atoms with Crippen LogP contribution in [0.4, 0.5) is 0 Å². The average molecular weight is 246 g/mol. The van der Waals surface area contributed by atoms with E-state index < -0.39 is 0 Å². The Kier molecular flexibility index (Phi) is 3.53. The van der Waals surface area contributed by atoms with Crippen molar-refractivity contribution in [3.63, 3.8) is 0 Å². The van der Waals surface area contributed by atoms with Crippen molar-refractivity contribution in [3.05, 3.63) is 29.6 Å². The van der Waals surface area contributed by atoms with Crippen LogP contribution in [0.2, 0.25) is 0 Å². The Balaban J connectivity index is 2.32. The van der Waals surface area contributed by atoms with Gasteiger partial charge >= 0.3 is 0 Å². The topological polar surface area (TPSA) is 33.2 Å². The maximum atomic E-state index is 12.8. The molecular formula is C15H22N2O. The number of hydrogen-bond donors (Lipinski definition) is 0. The minimum Gasteiger partial charge on any atom is -0.297 e. The molecule has 0 bridgehead atoms. The molecule has 1 aliphatic carbocycles. The lowest BCUT2D eigenvalue weighted by Crippen LogP contribution is -2.50. The fourth-order valence-corrected chi connectivity index (χ4v) is 2.75. The van der Waals surface area contributed by atoms with Gasteiger partial charge in [0.1, 0.15) is 0 Å². The van der Waals surface area contributed by atoms with Gasteiger partial charge in [-0.3, -0.25) is 14.7 Å². The summed E-state index contributed by atoms with van der Waals surface area (Å²) in [5.74, 6) is 0.293. The van der Waals surface area contributed by atoms with E-state index in [4.69, 9.17) is 0 Å². The molecule has 1 aliphatic rings. The number of fused-ring (bicyclic) bond motifs is 1. The van der Waals surface area contributed by atoms with Crippen LogP contribution in [0.3, 0.4) is 0 Å². The fourth-order valence-electron chi connectivity index (χ4n) is 2.75. The smallest absolute Gasteiger partial charge is 0.161 e. The van der Waals surface area contributed by atoms with Gasteiger partial charge in [-0.2, -0.15) is 0 Å². The largest absolute Gasteiger partial charge is 0.297 e. The standard InChI is InChI=1S/C15H22N2O/c1-5-15(2,17(3)4)14(18)12-9-8-11-7-6-10-16-13(11)12/h6-7,10,12H,5,8-9H2,1-4H3. The number of hydrogen-bond acceptors (Lipinski definition) is 3. The second kappa shape index (κ2) is 4.81. The Bertz CT molecular complexity index is 456. The lowest BCUT2D eigenvalue weighted by Gasteiger charge is -2.36. The van der Waals surface area contributed by atoms with Crippen molar-refractivity contribution in [2.75, 3.05) is 14.1 Å². The molecule has 0 aliphatic heterocycles. The Hall–Kier alpha value is -1.22. The first-order chi connectivity index (χ1) is 8.50. The third-order valence-electron chi connectivity index (χ3n) is 4.48. The van der Waals surface area contributed by atoms with E-state index >= 15 is 0 Å². The van der Waals surface area contributed by atoms with E-state index in [1.54, 1.807) is 6.20 Å². The monoisotopic (exact) mass is 246 g/mol. The molecule has 0 fully saturated rings. The molecule has 3 heteroatoms. The number of Topliss-reactive ketones (excluding diaryl/α,β-unsaturated/α-hetero) is 1. The van der Waals surface area contributed by atoms with Crippen molar-refractivity contribution in [1.82, 2.24) is 9.88 Å². The van der Waals surface area contributed by atoms with Crippen molar-refractivity contribution in [3.8, 4) is 0 Å². The molecule has 1 aromatic rings. The molecule has 2 rings (SSSR count). The summed E-state index contributed by atoms with van der Waals surface area (Å²) in [6.07, 6.45) is 4.52. The van der Waals surface area contributed by atoms with Crippen molar-refractivity contribution in [2.24, 2.45) is 0 Å². The first-order valence-corrected chi connectivity index (χ1v) is 6.66. The van der Waals surface area contributed by atoms with E-state index in [1.165, 1.54) is 5.56 Å². The van der Waals surface area contributed by atoms with Gasteiger partial charge in [0.15, 0.2) is 5.78 Å². The molecule has 0 saturated heterocycles. The summed E-state index contributed by atoms with van der Waals surface area (Å²) in [6, 6.07) is 4.05. The normalized spacial score (nSPS) is 21.7. The van der Waals surface area contributed by atoms with Crippen molar-refractivity contribution in [1.29, 1.82) is 0 Å². The van der Waals surface area contributed by atoms with Gasteiger partial charge in [0.25, 0.3) is 0 Å². The van der Waals surface area contributed by atoms with Crippen LogP contribution < -0.4 is 0 Å². The summed E-state index contributed by atoms with van der Waals surface area (Å²) in [7, 11) is 3.96. The molecule has 0 N–H and O–H groups in total. The molecule has 1 heterocycles. The molecule has 3 nitrogen and oxygen atoms in total. The first kappa shape index (κ1) is 13.2. The van der Waals surface area contributed by atoms with Gasteiger partial charge in [-0.25, -0.2) is 0 Å². The third kappa shape index (κ3) is 1.97. The zero-order valence-corrected chi connectivity index (χ0v) is 11.7. The molecule has 0 aromatic carbocycles. The van der Waals surface area contributed by atoms with Gasteiger partial charge < -0.3 is 0 Å². The molecule has 0 saturated carbocycles. The Morgan fingerprint density at radius 1 is 1.56 bits per heavy atom. The molecule has 2 atom stereocenters. The summed E-state index contributed by atoms with van der Waals surface area (Å²) < 4.78 is 0. The van der Waals surface area contributed by atoms with Crippen LogP contribution >= 0.6 is 0 Å². The minimum absolute atomic E-state index is 0.0199. The van der Waals surface area contributed by atoms with Crippen LogP contribution in [-0.2, 0) is 11.2 Å². The van der Waals surface area contributed by atoms with Gasteiger partial charge in [-0.1, -0.05) is 13.0 Å². The maximum absolute atomic E-state index is 12.8. The second-order valence-electron chi connectivity index (χ2n) is 5.53. The molecule has 0 spiro atoms. The lowest BCUT2D eigenvalue weighted by molar-refractivity contribution is -0.130. The van der Waals surface area contributed by atoms with Gasteiger partial charge in [0, 0.05) is 6.20 Å². The van der Waals surface area contributed by atoms with Gasteiger partial charge in [0.2, 0.25) is 0 Å². The summed E-state index contributed by atoms with van der Waals surface area (Å²) in [4.78, 5) is 19.3. The summed E-state index contributed by atoms with van der Waals surface area (Å²) in [5, 5.41) is 0. The SMILES string of the molecule is CCC(C)(C(=O)C1CCc2cccnc21)N(C)C. The summed E-state index contributed by atoms with van der Waals surface area (Å²) >= 11 is 0. The maximum Gasteiger partial charge on any atom is 0.161 e. The molecule has 1 aromatic heterocycles. The highest BCUT2D eigenvalue weighted by atomic mass is 16.1. The van der Waals surface area contributed by atoms with E-state index in [0.29, 0.717) is 5.78 Å². The van der Waals surface area contributed by atoms with Gasteiger partial charge in [-0.15, -0.1) is 0 Å². The first-order valence-electron chi connectivity index (χ1n) is 6.66. The highest BCUT2D eigenvalue weighted by Gasteiger charge is 2.41. The molecular weight excluding hydrogens is 224 g/mol. The van der Waals surface area contributed by atoms with E-state index in [0.717, 1.165) is 25.0 Å². The minimum atomic E-state index is -0.385. The molecule has 0 amide bonds. The molecule has 18 heavy (non-hydrogen) atoms. The number of likely N-dealkylation sites (N-methyl/N-ethyl adjacent to an activating group) is 1. The fraction of sp³-hybridized carbons (Fsp3) is 0.600. The summed E-state index contributed by atoms with van der Waals surface area (Å²) in [5.41, 5.74) is 1.86. The predicted molar refractivity (Wildman–Crippen MR) is 72.7 cm³/mol. The molecule has 2 unspecified atom stereocenters. The average Bonchev–Trinajstić information content (AvgIpc) is 2.80.